The van der Waals surface area contributed by atoms with Crippen molar-refractivity contribution in [3.63, 3.8) is 0 Å². The lowest BCUT2D eigenvalue weighted by molar-refractivity contribution is -0.121. The number of hydrazone groups is 1. The van der Waals surface area contributed by atoms with Gasteiger partial charge in [-0.15, -0.1) is 0 Å². The molecule has 1 amide bonds. The summed E-state index contributed by atoms with van der Waals surface area (Å²) in [5, 5.41) is 7.38. The highest BCUT2D eigenvalue weighted by Crippen LogP contribution is 2.26. The van der Waals surface area contributed by atoms with E-state index < -0.39 is 0 Å². The molecule has 4 aromatic carbocycles. The Kier molecular flexibility index (Phi) is 5.32. The molecule has 0 unspecified atom stereocenters. The Morgan fingerprint density at radius 3 is 2.15 bits per heavy atom. The molecule has 0 saturated heterocycles. The van der Waals surface area contributed by atoms with E-state index in [1.54, 1.807) is 25.5 Å². The Hall–Kier alpha value is -4.45. The molecule has 0 aliphatic carbocycles. The molecule has 162 valence electrons. The summed E-state index contributed by atoms with van der Waals surface area (Å²) in [4.78, 5) is 25.7. The van der Waals surface area contributed by atoms with Crippen molar-refractivity contribution < 1.29 is 9.53 Å². The Morgan fingerprint density at radius 1 is 0.879 bits per heavy atom. The van der Waals surface area contributed by atoms with Crippen LogP contribution in [0.1, 0.15) is 5.56 Å². The largest absolute Gasteiger partial charge is 0.496 e. The summed E-state index contributed by atoms with van der Waals surface area (Å²) in [5.41, 5.74) is 4.77. The fraction of sp³-hybridized carbons (Fsp3) is 0.0741. The van der Waals surface area contributed by atoms with Gasteiger partial charge in [0.05, 0.1) is 24.4 Å². The number of nitrogens with one attached hydrogen (secondary N) is 1. The van der Waals surface area contributed by atoms with Crippen LogP contribution >= 0.6 is 0 Å². The second-order valence-electron chi connectivity index (χ2n) is 7.65. The van der Waals surface area contributed by atoms with E-state index in [0.717, 1.165) is 16.3 Å². The van der Waals surface area contributed by atoms with Gasteiger partial charge in [0.1, 0.15) is 12.3 Å². The highest BCUT2D eigenvalue weighted by Gasteiger charge is 2.13. The van der Waals surface area contributed by atoms with Crippen molar-refractivity contribution in [3.8, 4) is 5.75 Å². The van der Waals surface area contributed by atoms with Gasteiger partial charge in [-0.1, -0.05) is 54.6 Å². The maximum atomic E-state index is 12.9. The Balaban J connectivity index is 1.47. The van der Waals surface area contributed by atoms with Crippen LogP contribution in [0.4, 0.5) is 0 Å². The zero-order chi connectivity index (χ0) is 22.8. The molecule has 0 saturated carbocycles. The molecule has 0 fully saturated rings. The number of rotatable bonds is 5. The third kappa shape index (κ3) is 3.72. The number of hydrogen-bond acceptors (Lipinski definition) is 4. The van der Waals surface area contributed by atoms with Crippen LogP contribution in [0.2, 0.25) is 0 Å². The van der Waals surface area contributed by atoms with Crippen LogP contribution < -0.4 is 15.6 Å². The standard InChI is InChI=1S/C27H21N3O3/c1-33-25-15-14-18-8-2-3-9-19(18)22(25)16-28-29-26(31)17-30-23-12-6-4-10-20(23)27(32)21-11-5-7-13-24(21)30/h2-16H,17H2,1H3,(H,29,31)/b28-16-. The Morgan fingerprint density at radius 2 is 1.48 bits per heavy atom. The zero-order valence-corrected chi connectivity index (χ0v) is 18.0. The summed E-state index contributed by atoms with van der Waals surface area (Å²) in [6.07, 6.45) is 1.60. The minimum Gasteiger partial charge on any atom is -0.496 e. The second kappa shape index (κ2) is 8.59. The first-order chi connectivity index (χ1) is 16.2. The molecule has 1 N–H and O–H groups in total. The lowest BCUT2D eigenvalue weighted by Gasteiger charge is -2.14. The van der Waals surface area contributed by atoms with Gasteiger partial charge < -0.3 is 9.30 Å². The van der Waals surface area contributed by atoms with Gasteiger partial charge in [-0.25, -0.2) is 5.43 Å². The third-order valence-electron chi connectivity index (χ3n) is 5.71. The van der Waals surface area contributed by atoms with Crippen LogP contribution in [-0.4, -0.2) is 23.8 Å². The van der Waals surface area contributed by atoms with E-state index in [-0.39, 0.29) is 17.9 Å². The predicted octanol–water partition coefficient (Wildman–Crippen LogP) is 4.47. The van der Waals surface area contributed by atoms with Gasteiger partial charge >= 0.3 is 0 Å². The Bertz CT molecular complexity index is 1540. The minimum absolute atomic E-state index is 0.0192. The number of ether oxygens (including phenoxy) is 1. The molecule has 0 aliphatic heterocycles. The van der Waals surface area contributed by atoms with E-state index in [9.17, 15) is 9.59 Å². The number of hydrogen-bond donors (Lipinski definition) is 1. The molecule has 6 nitrogen and oxygen atoms in total. The monoisotopic (exact) mass is 435 g/mol. The summed E-state index contributed by atoms with van der Waals surface area (Å²) in [5.74, 6) is 0.369. The van der Waals surface area contributed by atoms with Crippen molar-refractivity contribution >= 4 is 44.7 Å². The number of nitrogens with zero attached hydrogens (tertiary/aromatic N) is 2. The lowest BCUT2D eigenvalue weighted by Crippen LogP contribution is -2.25. The van der Waals surface area contributed by atoms with Crippen LogP contribution in [0.15, 0.2) is 94.8 Å². The molecule has 5 aromatic rings. The van der Waals surface area contributed by atoms with Gasteiger partial charge in [0, 0.05) is 16.3 Å². The number of benzene rings is 4. The molecule has 6 heteroatoms. The van der Waals surface area contributed by atoms with Crippen molar-refractivity contribution in [1.29, 1.82) is 0 Å². The summed E-state index contributed by atoms with van der Waals surface area (Å²) >= 11 is 0. The van der Waals surface area contributed by atoms with Gasteiger partial charge in [0.15, 0.2) is 5.43 Å². The van der Waals surface area contributed by atoms with E-state index >= 15 is 0 Å². The Labute approximate surface area is 189 Å². The first-order valence-electron chi connectivity index (χ1n) is 10.6. The number of carbonyl (C=O) groups is 1. The van der Waals surface area contributed by atoms with Crippen LogP contribution in [0.3, 0.4) is 0 Å². The topological polar surface area (TPSA) is 72.7 Å². The lowest BCUT2D eigenvalue weighted by atomic mass is 10.0. The van der Waals surface area contributed by atoms with Gasteiger partial charge in [0.2, 0.25) is 0 Å². The van der Waals surface area contributed by atoms with Crippen molar-refractivity contribution in [1.82, 2.24) is 9.99 Å². The van der Waals surface area contributed by atoms with Crippen LogP contribution in [0.25, 0.3) is 32.6 Å². The van der Waals surface area contributed by atoms with Crippen LogP contribution in [0.5, 0.6) is 5.75 Å². The fourth-order valence-corrected chi connectivity index (χ4v) is 4.18. The molecule has 0 bridgehead atoms. The maximum absolute atomic E-state index is 12.9. The molecule has 1 heterocycles. The maximum Gasteiger partial charge on any atom is 0.260 e. The van der Waals surface area contributed by atoms with E-state index in [4.69, 9.17) is 4.74 Å². The fourth-order valence-electron chi connectivity index (χ4n) is 4.18. The van der Waals surface area contributed by atoms with Gasteiger partial charge in [0.25, 0.3) is 5.91 Å². The molecule has 5 rings (SSSR count). The average Bonchev–Trinajstić information content (AvgIpc) is 2.86. The van der Waals surface area contributed by atoms with E-state index in [2.05, 4.69) is 10.5 Å². The van der Waals surface area contributed by atoms with Crippen molar-refractivity contribution in [2.45, 2.75) is 6.54 Å². The highest BCUT2D eigenvalue weighted by molar-refractivity contribution is 6.02. The van der Waals surface area contributed by atoms with Crippen molar-refractivity contribution in [2.24, 2.45) is 5.10 Å². The molecular weight excluding hydrogens is 414 g/mol. The normalized spacial score (nSPS) is 11.4. The number of para-hydroxylation sites is 2. The van der Waals surface area contributed by atoms with Gasteiger partial charge in [-0.3, -0.25) is 9.59 Å². The van der Waals surface area contributed by atoms with E-state index in [1.165, 1.54) is 0 Å². The van der Waals surface area contributed by atoms with Gasteiger partial charge in [-0.05, 0) is 41.1 Å². The number of amides is 1. The number of methoxy groups -OCH3 is 1. The van der Waals surface area contributed by atoms with E-state index in [0.29, 0.717) is 27.6 Å². The third-order valence-corrected chi connectivity index (χ3v) is 5.71. The number of fused-ring (bicyclic) bond motifs is 3. The number of aromatic nitrogens is 1. The summed E-state index contributed by atoms with van der Waals surface area (Å²) in [7, 11) is 1.60. The second-order valence-corrected chi connectivity index (χ2v) is 7.65. The predicted molar refractivity (Wildman–Crippen MR) is 132 cm³/mol. The summed E-state index contributed by atoms with van der Waals surface area (Å²) < 4.78 is 7.32. The number of pyridine rings is 1. The zero-order valence-electron chi connectivity index (χ0n) is 18.0. The first-order valence-corrected chi connectivity index (χ1v) is 10.6. The van der Waals surface area contributed by atoms with E-state index in [1.807, 2.05) is 77.4 Å². The molecule has 1 aromatic heterocycles. The average molecular weight is 435 g/mol. The summed E-state index contributed by atoms with van der Waals surface area (Å²) in [6.45, 7) is 0.0192. The number of carbonyl (C=O) groups excluding carboxylic acids is 1. The molecule has 33 heavy (non-hydrogen) atoms. The summed E-state index contributed by atoms with van der Waals surface area (Å²) in [6, 6.07) is 26.4. The van der Waals surface area contributed by atoms with Crippen molar-refractivity contribution in [2.75, 3.05) is 7.11 Å². The highest BCUT2D eigenvalue weighted by atomic mass is 16.5. The molecular formula is C27H21N3O3. The molecule has 0 radical (unpaired) electrons. The van der Waals surface area contributed by atoms with Gasteiger partial charge in [-0.2, -0.15) is 5.10 Å². The van der Waals surface area contributed by atoms with Crippen LogP contribution in [0, 0.1) is 0 Å². The quantitative estimate of drug-likeness (QED) is 0.252. The molecule has 0 aliphatic rings. The molecule has 0 spiro atoms. The smallest absolute Gasteiger partial charge is 0.260 e. The molecule has 0 atom stereocenters. The first kappa shape index (κ1) is 20.5. The minimum atomic E-state index is -0.301. The van der Waals surface area contributed by atoms with Crippen molar-refractivity contribution in [3.05, 3.63) is 101 Å². The van der Waals surface area contributed by atoms with Crippen LogP contribution in [-0.2, 0) is 11.3 Å². The SMILES string of the molecule is COc1ccc2ccccc2c1/C=N\NC(=O)Cn1c2ccccc2c(=O)c2ccccc21.